The number of carbonyl (C=O) groups excluding carboxylic acids is 2. The summed E-state index contributed by atoms with van der Waals surface area (Å²) >= 11 is 3.99. The topological polar surface area (TPSA) is 55.4 Å². The summed E-state index contributed by atoms with van der Waals surface area (Å²) in [5, 5.41) is 2.61. The summed E-state index contributed by atoms with van der Waals surface area (Å²) in [5.41, 5.74) is 0. The van der Waals surface area contributed by atoms with Crippen molar-refractivity contribution in [2.24, 2.45) is 11.8 Å². The van der Waals surface area contributed by atoms with Crippen LogP contribution in [0, 0.1) is 11.8 Å². The average Bonchev–Trinajstić information content (AvgIpc) is 2.22. The fourth-order valence-electron chi connectivity index (χ4n) is 0.927. The number of hydrogen-bond acceptors (Lipinski definition) is 4. The first-order valence-corrected chi connectivity index (χ1v) is 5.56. The van der Waals surface area contributed by atoms with E-state index in [4.69, 9.17) is 0 Å². The van der Waals surface area contributed by atoms with Crippen LogP contribution >= 0.6 is 12.6 Å². The Kier molecular flexibility index (Phi) is 6.40. The van der Waals surface area contributed by atoms with Gasteiger partial charge in [-0.3, -0.25) is 4.79 Å². The van der Waals surface area contributed by atoms with Crippen molar-refractivity contribution in [3.8, 4) is 0 Å². The summed E-state index contributed by atoms with van der Waals surface area (Å²) in [4.78, 5) is 22.8. The molecule has 88 valence electrons. The first kappa shape index (κ1) is 14.3. The van der Waals surface area contributed by atoms with Crippen LogP contribution in [0.4, 0.5) is 0 Å². The number of methoxy groups -OCH3 is 1. The maximum atomic E-state index is 11.6. The lowest BCUT2D eigenvalue weighted by atomic mass is 9.97. The summed E-state index contributed by atoms with van der Waals surface area (Å²) in [6.07, 6.45) is 0. The van der Waals surface area contributed by atoms with Gasteiger partial charge in [0.25, 0.3) is 0 Å². The molecule has 1 N–H and O–H groups in total. The Morgan fingerprint density at radius 2 is 1.87 bits per heavy atom. The minimum Gasteiger partial charge on any atom is -0.467 e. The largest absolute Gasteiger partial charge is 0.467 e. The summed E-state index contributed by atoms with van der Waals surface area (Å²) < 4.78 is 4.54. The van der Waals surface area contributed by atoms with Crippen molar-refractivity contribution in [1.29, 1.82) is 0 Å². The van der Waals surface area contributed by atoms with Gasteiger partial charge in [0, 0.05) is 11.7 Å². The molecule has 0 aliphatic carbocycles. The van der Waals surface area contributed by atoms with Crippen LogP contribution in [0.15, 0.2) is 0 Å². The van der Waals surface area contributed by atoms with Crippen molar-refractivity contribution < 1.29 is 14.3 Å². The second-order valence-electron chi connectivity index (χ2n) is 3.80. The van der Waals surface area contributed by atoms with E-state index in [2.05, 4.69) is 22.7 Å². The molecule has 0 spiro atoms. The van der Waals surface area contributed by atoms with E-state index in [1.165, 1.54) is 7.11 Å². The van der Waals surface area contributed by atoms with E-state index in [0.717, 1.165) is 0 Å². The van der Waals surface area contributed by atoms with Crippen LogP contribution in [0.2, 0.25) is 0 Å². The molecule has 0 saturated carbocycles. The molecule has 0 aromatic carbocycles. The number of hydrogen-bond donors (Lipinski definition) is 2. The zero-order valence-corrected chi connectivity index (χ0v) is 10.5. The minimum absolute atomic E-state index is 0.128. The highest BCUT2D eigenvalue weighted by Crippen LogP contribution is 2.09. The van der Waals surface area contributed by atoms with Crippen molar-refractivity contribution in [1.82, 2.24) is 5.32 Å². The van der Waals surface area contributed by atoms with E-state index in [9.17, 15) is 9.59 Å². The van der Waals surface area contributed by atoms with Gasteiger partial charge in [0.1, 0.15) is 6.04 Å². The molecule has 1 amide bonds. The van der Waals surface area contributed by atoms with Crippen LogP contribution in [0.5, 0.6) is 0 Å². The zero-order chi connectivity index (χ0) is 12.0. The molecule has 0 radical (unpaired) electrons. The molecule has 0 aliphatic rings. The molecular formula is C10H19NO3S. The summed E-state index contributed by atoms with van der Waals surface area (Å²) in [6, 6.07) is -0.660. The third-order valence-corrected chi connectivity index (χ3v) is 2.76. The Bertz CT molecular complexity index is 231. The second-order valence-corrected chi connectivity index (χ2v) is 4.16. The van der Waals surface area contributed by atoms with Gasteiger partial charge in [-0.15, -0.1) is 0 Å². The van der Waals surface area contributed by atoms with E-state index in [1.54, 1.807) is 0 Å². The molecule has 0 fully saturated rings. The van der Waals surface area contributed by atoms with Crippen LogP contribution in [-0.2, 0) is 14.3 Å². The van der Waals surface area contributed by atoms with E-state index in [-0.39, 0.29) is 23.5 Å². The first-order chi connectivity index (χ1) is 6.93. The predicted octanol–water partition coefficient (Wildman–Crippen LogP) is 0.866. The molecule has 2 atom stereocenters. The van der Waals surface area contributed by atoms with Crippen molar-refractivity contribution >= 4 is 24.5 Å². The van der Waals surface area contributed by atoms with Gasteiger partial charge in [0.15, 0.2) is 0 Å². The smallest absolute Gasteiger partial charge is 0.329 e. The van der Waals surface area contributed by atoms with E-state index >= 15 is 0 Å². The highest BCUT2D eigenvalue weighted by Gasteiger charge is 2.24. The monoisotopic (exact) mass is 233 g/mol. The molecule has 0 aromatic heterocycles. The Morgan fingerprint density at radius 1 is 1.33 bits per heavy atom. The third kappa shape index (κ3) is 4.55. The average molecular weight is 233 g/mol. The normalized spacial score (nSPS) is 14.5. The molecule has 0 heterocycles. The highest BCUT2D eigenvalue weighted by molar-refractivity contribution is 7.80. The van der Waals surface area contributed by atoms with Crippen LogP contribution in [-0.4, -0.2) is 30.8 Å². The number of thiol groups is 1. The van der Waals surface area contributed by atoms with Crippen molar-refractivity contribution in [3.05, 3.63) is 0 Å². The fraction of sp³-hybridized carbons (Fsp3) is 0.800. The Hall–Kier alpha value is -0.710. The molecule has 0 saturated heterocycles. The zero-order valence-electron chi connectivity index (χ0n) is 9.61. The number of nitrogens with one attached hydrogen (secondary N) is 1. The van der Waals surface area contributed by atoms with Gasteiger partial charge < -0.3 is 10.1 Å². The van der Waals surface area contributed by atoms with Gasteiger partial charge in [-0.1, -0.05) is 20.8 Å². The lowest BCUT2D eigenvalue weighted by molar-refractivity contribution is -0.145. The molecule has 0 unspecified atom stereocenters. The number of rotatable bonds is 5. The van der Waals surface area contributed by atoms with Gasteiger partial charge in [0.2, 0.25) is 5.91 Å². The standard InChI is InChI=1S/C10H19NO3S/c1-6(2)7(3)9(12)11-8(5-15)10(13)14-4/h6-8,15H,5H2,1-4H3,(H,11,12)/t7-,8-/m0/s1. The van der Waals surface area contributed by atoms with Gasteiger partial charge in [-0.25, -0.2) is 4.79 Å². The third-order valence-electron chi connectivity index (χ3n) is 2.40. The van der Waals surface area contributed by atoms with Crippen molar-refractivity contribution in [3.63, 3.8) is 0 Å². The molecule has 0 rings (SSSR count). The SMILES string of the molecule is COC(=O)[C@H](CS)NC(=O)[C@@H](C)C(C)C. The van der Waals surface area contributed by atoms with E-state index in [0.29, 0.717) is 0 Å². The maximum Gasteiger partial charge on any atom is 0.329 e. The van der Waals surface area contributed by atoms with Crippen LogP contribution in [0.1, 0.15) is 20.8 Å². The van der Waals surface area contributed by atoms with Gasteiger partial charge in [-0.05, 0) is 5.92 Å². The molecule has 5 heteroatoms. The maximum absolute atomic E-state index is 11.6. The van der Waals surface area contributed by atoms with Gasteiger partial charge >= 0.3 is 5.97 Å². The van der Waals surface area contributed by atoms with Crippen LogP contribution in [0.25, 0.3) is 0 Å². The van der Waals surface area contributed by atoms with Crippen molar-refractivity contribution in [2.75, 3.05) is 12.9 Å². The summed E-state index contributed by atoms with van der Waals surface area (Å²) in [6.45, 7) is 5.74. The molecule has 4 nitrogen and oxygen atoms in total. The second kappa shape index (κ2) is 6.71. The number of esters is 1. The van der Waals surface area contributed by atoms with Crippen LogP contribution in [0.3, 0.4) is 0 Å². The number of amides is 1. The molecule has 0 bridgehead atoms. The highest BCUT2D eigenvalue weighted by atomic mass is 32.1. The van der Waals surface area contributed by atoms with E-state index < -0.39 is 12.0 Å². The summed E-state index contributed by atoms with van der Waals surface area (Å²) in [7, 11) is 1.29. The van der Waals surface area contributed by atoms with Gasteiger partial charge in [0.05, 0.1) is 7.11 Å². The number of ether oxygens (including phenoxy) is 1. The molecule has 15 heavy (non-hydrogen) atoms. The van der Waals surface area contributed by atoms with Crippen LogP contribution < -0.4 is 5.32 Å². The lowest BCUT2D eigenvalue weighted by Crippen LogP contribution is -2.45. The number of carbonyl (C=O) groups is 2. The summed E-state index contributed by atoms with van der Waals surface area (Å²) in [5.74, 6) is -0.257. The minimum atomic E-state index is -0.660. The molecule has 0 aromatic rings. The first-order valence-electron chi connectivity index (χ1n) is 4.93. The van der Waals surface area contributed by atoms with Gasteiger partial charge in [-0.2, -0.15) is 12.6 Å². The Labute approximate surface area is 96.2 Å². The fourth-order valence-corrected chi connectivity index (χ4v) is 1.17. The Morgan fingerprint density at radius 3 is 2.20 bits per heavy atom. The van der Waals surface area contributed by atoms with E-state index in [1.807, 2.05) is 20.8 Å². The van der Waals surface area contributed by atoms with Crippen molar-refractivity contribution in [2.45, 2.75) is 26.8 Å². The quantitative estimate of drug-likeness (QED) is 0.547. The predicted molar refractivity (Wildman–Crippen MR) is 61.8 cm³/mol. The Balaban J connectivity index is 4.30. The lowest BCUT2D eigenvalue weighted by Gasteiger charge is -2.19. The molecule has 0 aliphatic heterocycles. The molecular weight excluding hydrogens is 214 g/mol.